The van der Waals surface area contributed by atoms with E-state index in [1.807, 2.05) is 30.3 Å². The van der Waals surface area contributed by atoms with Crippen molar-refractivity contribution in [3.8, 4) is 5.75 Å². The van der Waals surface area contributed by atoms with Gasteiger partial charge in [0.2, 0.25) is 0 Å². The van der Waals surface area contributed by atoms with Crippen molar-refractivity contribution in [2.24, 2.45) is 0 Å². The number of hydrogen-bond acceptors (Lipinski definition) is 6. The molecule has 8 heteroatoms. The fourth-order valence-corrected chi connectivity index (χ4v) is 4.39. The molecule has 1 amide bonds. The van der Waals surface area contributed by atoms with Gasteiger partial charge < -0.3 is 19.5 Å². The highest BCUT2D eigenvalue weighted by Crippen LogP contribution is 2.59. The Morgan fingerprint density at radius 1 is 1.03 bits per heavy atom. The third kappa shape index (κ3) is 5.74. The lowest BCUT2D eigenvalue weighted by molar-refractivity contribution is -0.152. The first-order chi connectivity index (χ1) is 16.8. The molecular formula is C28H35FN2O5. The smallest absolute Gasteiger partial charge is 0.414 e. The number of benzene rings is 2. The Morgan fingerprint density at radius 3 is 2.25 bits per heavy atom. The van der Waals surface area contributed by atoms with E-state index in [4.69, 9.17) is 14.2 Å². The lowest BCUT2D eigenvalue weighted by atomic mass is 9.96. The number of carbonyl (C=O) groups excluding carboxylic acids is 2. The molecule has 0 aromatic heterocycles. The summed E-state index contributed by atoms with van der Waals surface area (Å²) in [6.45, 7) is 11.0. The molecule has 2 aromatic carbocycles. The zero-order chi connectivity index (χ0) is 26.3. The predicted molar refractivity (Wildman–Crippen MR) is 136 cm³/mol. The van der Waals surface area contributed by atoms with E-state index in [1.54, 1.807) is 47.6 Å². The average molecular weight is 499 g/mol. The number of nitrogens with zero attached hydrogens (tertiary/aromatic N) is 1. The van der Waals surface area contributed by atoms with Crippen LogP contribution in [-0.4, -0.2) is 36.4 Å². The van der Waals surface area contributed by atoms with Crippen LogP contribution in [-0.2, 0) is 26.3 Å². The number of carbonyl (C=O) groups is 2. The fourth-order valence-electron chi connectivity index (χ4n) is 4.39. The molecule has 0 radical (unpaired) electrons. The number of halogens is 1. The first-order valence-corrected chi connectivity index (χ1v) is 12.3. The molecule has 36 heavy (non-hydrogen) atoms. The number of ether oxygens (including phenoxy) is 3. The quantitative estimate of drug-likeness (QED) is 0.497. The van der Waals surface area contributed by atoms with Crippen molar-refractivity contribution in [2.75, 3.05) is 23.3 Å². The molecule has 1 heterocycles. The van der Waals surface area contributed by atoms with Crippen molar-refractivity contribution < 1.29 is 28.2 Å². The Morgan fingerprint density at radius 2 is 1.67 bits per heavy atom. The molecule has 0 unspecified atom stereocenters. The van der Waals surface area contributed by atoms with Crippen molar-refractivity contribution >= 4 is 23.4 Å². The fraction of sp³-hybridized carbons (Fsp3) is 0.500. The van der Waals surface area contributed by atoms with E-state index in [0.717, 1.165) is 18.4 Å². The lowest BCUT2D eigenvalue weighted by Gasteiger charge is -2.25. The van der Waals surface area contributed by atoms with Gasteiger partial charge in [-0.25, -0.2) is 9.18 Å². The highest BCUT2D eigenvalue weighted by Gasteiger charge is 2.56. The maximum atomic E-state index is 16.2. The van der Waals surface area contributed by atoms with Crippen LogP contribution in [0.3, 0.4) is 0 Å². The summed E-state index contributed by atoms with van der Waals surface area (Å²) in [6, 6.07) is 11.2. The minimum atomic E-state index is -0.684. The SMILES string of the molecule is CC(C)(C)OC(=O)CNc1c(OCc2ccccc2)cc2c(c1F)C1(CC1)CN2C(=O)OC(C)(C)C. The van der Waals surface area contributed by atoms with Crippen LogP contribution in [0, 0.1) is 5.82 Å². The number of esters is 1. The normalized spacial score (nSPS) is 15.9. The topological polar surface area (TPSA) is 77.1 Å². The monoisotopic (exact) mass is 498 g/mol. The summed E-state index contributed by atoms with van der Waals surface area (Å²) in [5.41, 5.74) is 0.116. The van der Waals surface area contributed by atoms with E-state index in [1.165, 1.54) is 4.90 Å². The maximum Gasteiger partial charge on any atom is 0.414 e. The molecule has 2 aliphatic rings. The molecule has 194 valence electrons. The second-order valence-corrected chi connectivity index (χ2v) is 11.5. The Balaban J connectivity index is 1.69. The molecule has 1 saturated carbocycles. The van der Waals surface area contributed by atoms with Gasteiger partial charge >= 0.3 is 12.1 Å². The molecule has 1 fully saturated rings. The van der Waals surface area contributed by atoms with Crippen LogP contribution in [0.2, 0.25) is 0 Å². The largest absolute Gasteiger partial charge is 0.487 e. The number of amides is 1. The van der Waals surface area contributed by atoms with Gasteiger partial charge in [0, 0.05) is 23.6 Å². The van der Waals surface area contributed by atoms with Crippen LogP contribution >= 0.6 is 0 Å². The summed E-state index contributed by atoms with van der Waals surface area (Å²) in [5, 5.41) is 2.91. The van der Waals surface area contributed by atoms with Crippen molar-refractivity contribution in [3.63, 3.8) is 0 Å². The van der Waals surface area contributed by atoms with Gasteiger partial charge in [-0.1, -0.05) is 30.3 Å². The zero-order valence-corrected chi connectivity index (χ0v) is 21.9. The van der Waals surface area contributed by atoms with Crippen molar-refractivity contribution in [2.45, 2.75) is 77.6 Å². The number of nitrogens with one attached hydrogen (secondary N) is 1. The first kappa shape index (κ1) is 25.8. The van der Waals surface area contributed by atoms with E-state index < -0.39 is 34.5 Å². The average Bonchev–Trinajstić information content (AvgIpc) is 3.45. The van der Waals surface area contributed by atoms with Gasteiger partial charge in [0.15, 0.2) is 5.82 Å². The highest BCUT2D eigenvalue weighted by molar-refractivity contribution is 5.94. The second kappa shape index (κ2) is 9.30. The Labute approximate surface area is 211 Å². The molecule has 0 saturated heterocycles. The Hall–Kier alpha value is -3.29. The summed E-state index contributed by atoms with van der Waals surface area (Å²) in [6.07, 6.45) is 1.02. The molecule has 1 aliphatic heterocycles. The first-order valence-electron chi connectivity index (χ1n) is 12.3. The highest BCUT2D eigenvalue weighted by atomic mass is 19.1. The number of fused-ring (bicyclic) bond motifs is 2. The number of hydrogen-bond donors (Lipinski definition) is 1. The molecule has 0 bridgehead atoms. The molecular weight excluding hydrogens is 463 g/mol. The van der Waals surface area contributed by atoms with Gasteiger partial charge in [-0.3, -0.25) is 9.69 Å². The van der Waals surface area contributed by atoms with E-state index in [2.05, 4.69) is 5.32 Å². The lowest BCUT2D eigenvalue weighted by Crippen LogP contribution is -2.37. The van der Waals surface area contributed by atoms with E-state index in [-0.39, 0.29) is 24.6 Å². The van der Waals surface area contributed by atoms with Gasteiger partial charge in [-0.15, -0.1) is 0 Å². The molecule has 2 aromatic rings. The van der Waals surface area contributed by atoms with E-state index in [9.17, 15) is 9.59 Å². The van der Waals surface area contributed by atoms with Crippen LogP contribution in [0.5, 0.6) is 5.75 Å². The third-order valence-corrected chi connectivity index (χ3v) is 6.03. The van der Waals surface area contributed by atoms with Crippen LogP contribution in [0.4, 0.5) is 20.6 Å². The van der Waals surface area contributed by atoms with Crippen LogP contribution < -0.4 is 15.0 Å². The molecule has 0 atom stereocenters. The van der Waals surface area contributed by atoms with E-state index in [0.29, 0.717) is 17.8 Å². The summed E-state index contributed by atoms with van der Waals surface area (Å²) in [4.78, 5) is 26.9. The molecule has 4 rings (SSSR count). The summed E-state index contributed by atoms with van der Waals surface area (Å²) < 4.78 is 33.2. The molecule has 1 aliphatic carbocycles. The van der Waals surface area contributed by atoms with Crippen molar-refractivity contribution in [1.82, 2.24) is 0 Å². The van der Waals surface area contributed by atoms with E-state index >= 15 is 4.39 Å². The molecule has 1 spiro atoms. The minimum Gasteiger partial charge on any atom is -0.487 e. The van der Waals surface area contributed by atoms with Gasteiger partial charge in [0.05, 0.1) is 5.69 Å². The molecule has 7 nitrogen and oxygen atoms in total. The predicted octanol–water partition coefficient (Wildman–Crippen LogP) is 5.95. The van der Waals surface area contributed by atoms with Crippen LogP contribution in [0.1, 0.15) is 65.5 Å². The summed E-state index contributed by atoms with van der Waals surface area (Å²) in [5.74, 6) is -0.805. The van der Waals surface area contributed by atoms with Crippen molar-refractivity contribution in [1.29, 1.82) is 0 Å². The number of anilines is 2. The van der Waals surface area contributed by atoms with Gasteiger partial charge in [-0.05, 0) is 59.9 Å². The maximum absolute atomic E-state index is 16.2. The van der Waals surface area contributed by atoms with Crippen molar-refractivity contribution in [3.05, 3.63) is 53.3 Å². The zero-order valence-electron chi connectivity index (χ0n) is 21.9. The molecule has 1 N–H and O–H groups in total. The van der Waals surface area contributed by atoms with Gasteiger partial charge in [0.1, 0.15) is 35.8 Å². The Bertz CT molecular complexity index is 1150. The standard InChI is InChI=1S/C28H35FN2O5/c1-26(2,3)35-21(32)15-30-24-20(34-16-18-10-8-7-9-11-18)14-19-22(23(24)29)28(12-13-28)17-31(19)25(33)36-27(4,5)6/h7-11,14,30H,12-13,15-17H2,1-6H3. The second-order valence-electron chi connectivity index (χ2n) is 11.5. The van der Waals surface area contributed by atoms with Crippen LogP contribution in [0.25, 0.3) is 0 Å². The summed E-state index contributed by atoms with van der Waals surface area (Å²) in [7, 11) is 0. The third-order valence-electron chi connectivity index (χ3n) is 6.03. The van der Waals surface area contributed by atoms with Gasteiger partial charge in [-0.2, -0.15) is 0 Å². The minimum absolute atomic E-state index is 0.0906. The van der Waals surface area contributed by atoms with Gasteiger partial charge in [0.25, 0.3) is 0 Å². The summed E-state index contributed by atoms with van der Waals surface area (Å²) >= 11 is 0. The Kier molecular flexibility index (Phi) is 6.66. The number of rotatable bonds is 6. The van der Waals surface area contributed by atoms with Crippen LogP contribution in [0.15, 0.2) is 36.4 Å².